The maximum atomic E-state index is 10.4. The Morgan fingerprint density at radius 2 is 1.76 bits per heavy atom. The summed E-state index contributed by atoms with van der Waals surface area (Å²) in [6.07, 6.45) is 9.02. The highest BCUT2D eigenvalue weighted by Crippen LogP contribution is 2.46. The molecule has 0 bridgehead atoms. The van der Waals surface area contributed by atoms with E-state index >= 15 is 0 Å². The predicted octanol–water partition coefficient (Wildman–Crippen LogP) is 4.53. The molecule has 1 heterocycles. The van der Waals surface area contributed by atoms with Gasteiger partial charge < -0.3 is 10.0 Å². The fraction of sp³-hybridized carbons (Fsp3) is 0.667. The van der Waals surface area contributed by atoms with E-state index in [1.54, 1.807) is 0 Å². The van der Waals surface area contributed by atoms with E-state index in [4.69, 9.17) is 0 Å². The van der Waals surface area contributed by atoms with Crippen molar-refractivity contribution in [2.24, 2.45) is 5.41 Å². The lowest BCUT2D eigenvalue weighted by Gasteiger charge is -2.39. The fourth-order valence-corrected chi connectivity index (χ4v) is 4.63. The number of benzene rings is 1. The second-order valence-corrected chi connectivity index (χ2v) is 7.73. The monoisotopic (exact) mass is 351 g/mol. The van der Waals surface area contributed by atoms with Gasteiger partial charge in [-0.2, -0.15) is 0 Å². The molecule has 3 rings (SSSR count). The van der Waals surface area contributed by atoms with Gasteiger partial charge in [-0.15, -0.1) is 0 Å². The molecular formula is C18H26BrNO. The van der Waals surface area contributed by atoms with Crippen molar-refractivity contribution in [2.45, 2.75) is 51.0 Å². The van der Waals surface area contributed by atoms with Crippen LogP contribution >= 0.6 is 15.9 Å². The standard InChI is InChI=1S/C18H26BrNO/c19-16-6-2-1-5-15(16)17(21)7-12-20-13-10-18(11-14-20)8-3-4-9-18/h1-2,5-6,17,21H,3-4,7-14H2. The highest BCUT2D eigenvalue weighted by molar-refractivity contribution is 9.10. The minimum atomic E-state index is -0.358. The van der Waals surface area contributed by atoms with Crippen LogP contribution in [0.25, 0.3) is 0 Å². The first kappa shape index (κ1) is 15.5. The van der Waals surface area contributed by atoms with E-state index in [0.29, 0.717) is 5.41 Å². The number of likely N-dealkylation sites (tertiary alicyclic amines) is 1. The molecule has 1 aliphatic carbocycles. The molecule has 1 N–H and O–H groups in total. The molecule has 0 radical (unpaired) electrons. The Balaban J connectivity index is 1.47. The van der Waals surface area contributed by atoms with Crippen molar-refractivity contribution in [3.63, 3.8) is 0 Å². The van der Waals surface area contributed by atoms with Gasteiger partial charge in [0.15, 0.2) is 0 Å². The molecule has 1 aliphatic heterocycles. The Kier molecular flexibility index (Phi) is 5.03. The Hall–Kier alpha value is -0.380. The maximum Gasteiger partial charge on any atom is 0.0813 e. The van der Waals surface area contributed by atoms with Crippen LogP contribution in [-0.4, -0.2) is 29.6 Å². The Bertz CT molecular complexity index is 460. The predicted molar refractivity (Wildman–Crippen MR) is 90.3 cm³/mol. The number of aliphatic hydroxyl groups is 1. The van der Waals surface area contributed by atoms with Crippen molar-refractivity contribution in [3.05, 3.63) is 34.3 Å². The molecule has 3 heteroatoms. The lowest BCUT2D eigenvalue weighted by atomic mass is 9.77. The van der Waals surface area contributed by atoms with Crippen LogP contribution in [0.1, 0.15) is 56.6 Å². The summed E-state index contributed by atoms with van der Waals surface area (Å²) >= 11 is 3.53. The summed E-state index contributed by atoms with van der Waals surface area (Å²) in [7, 11) is 0. The van der Waals surface area contributed by atoms with E-state index < -0.39 is 0 Å². The number of aliphatic hydroxyl groups excluding tert-OH is 1. The molecule has 1 unspecified atom stereocenters. The zero-order chi connectivity index (χ0) is 14.7. The Labute approximate surface area is 136 Å². The van der Waals surface area contributed by atoms with Crippen molar-refractivity contribution in [2.75, 3.05) is 19.6 Å². The molecule has 21 heavy (non-hydrogen) atoms. The molecule has 2 fully saturated rings. The molecule has 1 spiro atoms. The molecule has 0 amide bonds. The van der Waals surface area contributed by atoms with Gasteiger partial charge in [0.2, 0.25) is 0 Å². The van der Waals surface area contributed by atoms with E-state index in [1.807, 2.05) is 24.3 Å². The fourth-order valence-electron chi connectivity index (χ4n) is 4.08. The maximum absolute atomic E-state index is 10.4. The summed E-state index contributed by atoms with van der Waals surface area (Å²) in [5.41, 5.74) is 1.71. The van der Waals surface area contributed by atoms with Gasteiger partial charge in [-0.25, -0.2) is 0 Å². The van der Waals surface area contributed by atoms with Gasteiger partial charge in [-0.3, -0.25) is 0 Å². The Morgan fingerprint density at radius 3 is 2.43 bits per heavy atom. The first-order chi connectivity index (χ1) is 10.2. The van der Waals surface area contributed by atoms with Crippen LogP contribution < -0.4 is 0 Å². The molecule has 116 valence electrons. The summed E-state index contributed by atoms with van der Waals surface area (Å²) in [6, 6.07) is 8.00. The van der Waals surface area contributed by atoms with Crippen LogP contribution in [0.15, 0.2) is 28.7 Å². The average Bonchev–Trinajstić information content (AvgIpc) is 2.95. The van der Waals surface area contributed by atoms with E-state index in [1.165, 1.54) is 51.6 Å². The van der Waals surface area contributed by atoms with Crippen LogP contribution in [0.4, 0.5) is 0 Å². The zero-order valence-electron chi connectivity index (χ0n) is 12.7. The molecule has 2 nitrogen and oxygen atoms in total. The van der Waals surface area contributed by atoms with Crippen molar-refractivity contribution >= 4 is 15.9 Å². The number of halogens is 1. The number of hydrogen-bond acceptors (Lipinski definition) is 2. The highest BCUT2D eigenvalue weighted by Gasteiger charge is 2.36. The average molecular weight is 352 g/mol. The first-order valence-electron chi connectivity index (χ1n) is 8.33. The SMILES string of the molecule is OC(CCN1CCC2(CCCC2)CC1)c1ccccc1Br. The number of nitrogens with zero attached hydrogens (tertiary/aromatic N) is 1. The van der Waals surface area contributed by atoms with Gasteiger partial charge in [-0.05, 0) is 62.2 Å². The van der Waals surface area contributed by atoms with Crippen LogP contribution in [0.3, 0.4) is 0 Å². The molecule has 2 aliphatic rings. The van der Waals surface area contributed by atoms with Gasteiger partial charge >= 0.3 is 0 Å². The van der Waals surface area contributed by atoms with E-state index in [2.05, 4.69) is 20.8 Å². The van der Waals surface area contributed by atoms with Gasteiger partial charge in [0, 0.05) is 11.0 Å². The molecule has 1 aromatic rings. The highest BCUT2D eigenvalue weighted by atomic mass is 79.9. The largest absolute Gasteiger partial charge is 0.388 e. The van der Waals surface area contributed by atoms with Crippen LogP contribution in [0.5, 0.6) is 0 Å². The minimum absolute atomic E-state index is 0.358. The summed E-state index contributed by atoms with van der Waals surface area (Å²) in [6.45, 7) is 3.46. The molecular weight excluding hydrogens is 326 g/mol. The normalized spacial score (nSPS) is 23.5. The third-order valence-corrected chi connectivity index (χ3v) is 6.29. The lowest BCUT2D eigenvalue weighted by Crippen LogP contribution is -2.39. The van der Waals surface area contributed by atoms with Crippen molar-refractivity contribution in [1.29, 1.82) is 0 Å². The molecule has 1 aromatic carbocycles. The third kappa shape index (κ3) is 3.69. The molecule has 1 saturated heterocycles. The van der Waals surface area contributed by atoms with Crippen molar-refractivity contribution < 1.29 is 5.11 Å². The van der Waals surface area contributed by atoms with Crippen LogP contribution in [0.2, 0.25) is 0 Å². The Morgan fingerprint density at radius 1 is 1.10 bits per heavy atom. The van der Waals surface area contributed by atoms with Crippen LogP contribution in [0, 0.1) is 5.41 Å². The smallest absolute Gasteiger partial charge is 0.0813 e. The topological polar surface area (TPSA) is 23.5 Å². The van der Waals surface area contributed by atoms with Gasteiger partial charge in [0.05, 0.1) is 6.10 Å². The minimum Gasteiger partial charge on any atom is -0.388 e. The van der Waals surface area contributed by atoms with Crippen LogP contribution in [-0.2, 0) is 0 Å². The third-order valence-electron chi connectivity index (χ3n) is 5.56. The van der Waals surface area contributed by atoms with E-state index in [9.17, 15) is 5.11 Å². The van der Waals surface area contributed by atoms with Crippen molar-refractivity contribution in [1.82, 2.24) is 4.90 Å². The second kappa shape index (κ2) is 6.80. The quantitative estimate of drug-likeness (QED) is 0.861. The first-order valence-corrected chi connectivity index (χ1v) is 9.13. The number of rotatable bonds is 4. The zero-order valence-corrected chi connectivity index (χ0v) is 14.3. The number of piperidine rings is 1. The van der Waals surface area contributed by atoms with E-state index in [-0.39, 0.29) is 6.10 Å². The summed E-state index contributed by atoms with van der Waals surface area (Å²) < 4.78 is 1.01. The molecule has 1 saturated carbocycles. The second-order valence-electron chi connectivity index (χ2n) is 6.87. The van der Waals surface area contributed by atoms with Gasteiger partial charge in [-0.1, -0.05) is 47.0 Å². The van der Waals surface area contributed by atoms with Gasteiger partial charge in [0.25, 0.3) is 0 Å². The van der Waals surface area contributed by atoms with Gasteiger partial charge in [0.1, 0.15) is 0 Å². The van der Waals surface area contributed by atoms with E-state index in [0.717, 1.165) is 23.0 Å². The number of hydrogen-bond donors (Lipinski definition) is 1. The summed E-state index contributed by atoms with van der Waals surface area (Å²) in [4.78, 5) is 2.55. The summed E-state index contributed by atoms with van der Waals surface area (Å²) in [5, 5.41) is 10.4. The molecule has 0 aromatic heterocycles. The lowest BCUT2D eigenvalue weighted by molar-refractivity contribution is 0.0868. The molecule has 1 atom stereocenters. The summed E-state index contributed by atoms with van der Waals surface area (Å²) in [5.74, 6) is 0. The van der Waals surface area contributed by atoms with Crippen molar-refractivity contribution in [3.8, 4) is 0 Å².